The number of likely N-dealkylation sites (tertiary alicyclic amines) is 1. The molecule has 0 aliphatic carbocycles. The van der Waals surface area contributed by atoms with Crippen LogP contribution in [-0.4, -0.2) is 60.6 Å². The summed E-state index contributed by atoms with van der Waals surface area (Å²) in [6, 6.07) is 5.21. The molecule has 0 aromatic carbocycles. The highest BCUT2D eigenvalue weighted by atomic mass is 16.4. The molecule has 1 aromatic rings. The van der Waals surface area contributed by atoms with Crippen LogP contribution >= 0.6 is 0 Å². The van der Waals surface area contributed by atoms with Crippen molar-refractivity contribution >= 4 is 17.7 Å². The van der Waals surface area contributed by atoms with Crippen molar-refractivity contribution in [3.05, 3.63) is 23.9 Å². The van der Waals surface area contributed by atoms with E-state index in [1.807, 2.05) is 37.2 Å². The number of carboxylic acid groups (broad SMARTS) is 1. The summed E-state index contributed by atoms with van der Waals surface area (Å²) in [6.45, 7) is 0.844. The molecule has 0 saturated carbocycles. The first-order valence-electron chi connectivity index (χ1n) is 7.72. The van der Waals surface area contributed by atoms with Gasteiger partial charge in [0.2, 0.25) is 5.91 Å². The van der Waals surface area contributed by atoms with E-state index in [2.05, 4.69) is 10.3 Å². The second-order valence-corrected chi connectivity index (χ2v) is 6.17. The maximum atomic E-state index is 12.3. The second-order valence-electron chi connectivity index (χ2n) is 6.17. The van der Waals surface area contributed by atoms with Crippen LogP contribution in [-0.2, 0) is 16.1 Å². The molecule has 126 valence electrons. The monoisotopic (exact) mass is 320 g/mol. The van der Waals surface area contributed by atoms with Gasteiger partial charge in [-0.05, 0) is 32.0 Å². The van der Waals surface area contributed by atoms with E-state index in [1.165, 1.54) is 0 Å². The standard InChI is InChI=1S/C16H24N4O3/c1-19(2)14-6-4-5-12(18-14)9-17-15(21)11-7-8-13(16(22)23)20(3)10-11/h4-6,11,13H,7-10H2,1-3H3,(H,17,21)(H,22,23). The van der Waals surface area contributed by atoms with Crippen molar-refractivity contribution in [3.8, 4) is 0 Å². The smallest absolute Gasteiger partial charge is 0.320 e. The van der Waals surface area contributed by atoms with E-state index in [0.717, 1.165) is 11.5 Å². The lowest BCUT2D eigenvalue weighted by Gasteiger charge is -2.33. The Morgan fingerprint density at radius 3 is 2.74 bits per heavy atom. The molecule has 7 nitrogen and oxygen atoms in total. The Labute approximate surface area is 136 Å². The molecule has 1 amide bonds. The third-order valence-corrected chi connectivity index (χ3v) is 4.18. The van der Waals surface area contributed by atoms with E-state index in [9.17, 15) is 9.59 Å². The second kappa shape index (κ2) is 7.41. The zero-order chi connectivity index (χ0) is 17.0. The van der Waals surface area contributed by atoms with Gasteiger partial charge in [-0.25, -0.2) is 4.98 Å². The number of carboxylic acids is 1. The third kappa shape index (κ3) is 4.41. The molecule has 0 radical (unpaired) electrons. The summed E-state index contributed by atoms with van der Waals surface area (Å²) >= 11 is 0. The van der Waals surface area contributed by atoms with Crippen LogP contribution in [0.1, 0.15) is 18.5 Å². The van der Waals surface area contributed by atoms with Crippen LogP contribution in [0.15, 0.2) is 18.2 Å². The van der Waals surface area contributed by atoms with Crippen LogP contribution in [0.25, 0.3) is 0 Å². The van der Waals surface area contributed by atoms with Gasteiger partial charge in [-0.2, -0.15) is 0 Å². The summed E-state index contributed by atoms with van der Waals surface area (Å²) in [5.74, 6) is -0.195. The number of nitrogens with one attached hydrogen (secondary N) is 1. The van der Waals surface area contributed by atoms with Gasteiger partial charge in [0, 0.05) is 20.6 Å². The molecule has 1 aromatic heterocycles. The van der Waals surface area contributed by atoms with Crippen molar-refractivity contribution in [2.75, 3.05) is 32.6 Å². The fourth-order valence-electron chi connectivity index (χ4n) is 2.81. The van der Waals surface area contributed by atoms with Crippen LogP contribution < -0.4 is 10.2 Å². The van der Waals surface area contributed by atoms with Crippen LogP contribution in [0.4, 0.5) is 5.82 Å². The quantitative estimate of drug-likeness (QED) is 0.824. The van der Waals surface area contributed by atoms with Gasteiger partial charge >= 0.3 is 5.97 Å². The molecule has 1 saturated heterocycles. The number of amides is 1. The largest absolute Gasteiger partial charge is 0.480 e. The molecule has 2 N–H and O–H groups in total. The van der Waals surface area contributed by atoms with Crippen molar-refractivity contribution in [2.24, 2.45) is 5.92 Å². The molecule has 7 heteroatoms. The molecule has 2 atom stereocenters. The summed E-state index contributed by atoms with van der Waals surface area (Å²) in [4.78, 5) is 31.5. The van der Waals surface area contributed by atoms with Crippen molar-refractivity contribution in [1.29, 1.82) is 0 Å². The third-order valence-electron chi connectivity index (χ3n) is 4.18. The molecular weight excluding hydrogens is 296 g/mol. The number of nitrogens with zero attached hydrogens (tertiary/aromatic N) is 3. The number of anilines is 1. The fourth-order valence-corrected chi connectivity index (χ4v) is 2.81. The van der Waals surface area contributed by atoms with Crippen molar-refractivity contribution in [2.45, 2.75) is 25.4 Å². The van der Waals surface area contributed by atoms with Gasteiger partial charge in [0.15, 0.2) is 0 Å². The number of hydrogen-bond donors (Lipinski definition) is 2. The van der Waals surface area contributed by atoms with Gasteiger partial charge in [-0.15, -0.1) is 0 Å². The average molecular weight is 320 g/mol. The highest BCUT2D eigenvalue weighted by Gasteiger charge is 2.33. The summed E-state index contributed by atoms with van der Waals surface area (Å²) < 4.78 is 0. The minimum atomic E-state index is -0.823. The van der Waals surface area contributed by atoms with Gasteiger partial charge in [0.1, 0.15) is 11.9 Å². The topological polar surface area (TPSA) is 85.8 Å². The van der Waals surface area contributed by atoms with E-state index in [4.69, 9.17) is 5.11 Å². The lowest BCUT2D eigenvalue weighted by atomic mass is 9.92. The predicted molar refractivity (Wildman–Crippen MR) is 87.2 cm³/mol. The number of likely N-dealkylation sites (N-methyl/N-ethyl adjacent to an activating group) is 1. The molecule has 0 bridgehead atoms. The lowest BCUT2D eigenvalue weighted by Crippen LogP contribution is -2.49. The summed E-state index contributed by atoms with van der Waals surface area (Å²) in [6.07, 6.45) is 1.09. The Bertz CT molecular complexity index is 576. The summed E-state index contributed by atoms with van der Waals surface area (Å²) in [5, 5.41) is 12.0. The number of rotatable bonds is 5. The van der Waals surface area contributed by atoms with E-state index in [1.54, 1.807) is 11.9 Å². The van der Waals surface area contributed by atoms with Crippen molar-refractivity contribution in [3.63, 3.8) is 0 Å². The van der Waals surface area contributed by atoms with Crippen molar-refractivity contribution < 1.29 is 14.7 Å². The zero-order valence-corrected chi connectivity index (χ0v) is 13.8. The Morgan fingerprint density at radius 1 is 1.39 bits per heavy atom. The first-order chi connectivity index (χ1) is 10.9. The maximum Gasteiger partial charge on any atom is 0.320 e. The molecule has 2 heterocycles. The lowest BCUT2D eigenvalue weighted by molar-refractivity contribution is -0.146. The summed E-state index contributed by atoms with van der Waals surface area (Å²) in [7, 11) is 5.59. The molecule has 23 heavy (non-hydrogen) atoms. The number of carbonyl (C=O) groups excluding carboxylic acids is 1. The molecule has 1 aliphatic heterocycles. The molecule has 2 unspecified atom stereocenters. The average Bonchev–Trinajstić information content (AvgIpc) is 2.52. The molecular formula is C16H24N4O3. The first-order valence-corrected chi connectivity index (χ1v) is 7.72. The Balaban J connectivity index is 1.88. The van der Waals surface area contributed by atoms with Crippen LogP contribution in [0.5, 0.6) is 0 Å². The molecule has 1 aliphatic rings. The number of hydrogen-bond acceptors (Lipinski definition) is 5. The van der Waals surface area contributed by atoms with Crippen molar-refractivity contribution in [1.82, 2.24) is 15.2 Å². The van der Waals surface area contributed by atoms with E-state index in [-0.39, 0.29) is 11.8 Å². The maximum absolute atomic E-state index is 12.3. The molecule has 2 rings (SSSR count). The van der Waals surface area contributed by atoms with Crippen LogP contribution in [0.3, 0.4) is 0 Å². The van der Waals surface area contributed by atoms with Gasteiger partial charge in [0.05, 0.1) is 18.2 Å². The van der Waals surface area contributed by atoms with Gasteiger partial charge in [-0.3, -0.25) is 14.5 Å². The Kier molecular flexibility index (Phi) is 5.54. The molecule has 1 fully saturated rings. The highest BCUT2D eigenvalue weighted by Crippen LogP contribution is 2.21. The highest BCUT2D eigenvalue weighted by molar-refractivity contribution is 5.80. The number of aliphatic carboxylic acids is 1. The number of piperidine rings is 1. The van der Waals surface area contributed by atoms with E-state index >= 15 is 0 Å². The molecule has 0 spiro atoms. The van der Waals surface area contributed by atoms with E-state index in [0.29, 0.717) is 25.9 Å². The van der Waals surface area contributed by atoms with Gasteiger partial charge in [0.25, 0.3) is 0 Å². The number of pyridine rings is 1. The normalized spacial score (nSPS) is 21.7. The minimum absolute atomic E-state index is 0.0438. The Hall–Kier alpha value is -2.15. The zero-order valence-electron chi connectivity index (χ0n) is 13.8. The predicted octanol–water partition coefficient (Wildman–Crippen LogP) is 0.559. The minimum Gasteiger partial charge on any atom is -0.480 e. The number of aromatic nitrogens is 1. The van der Waals surface area contributed by atoms with Gasteiger partial charge < -0.3 is 15.3 Å². The fraction of sp³-hybridized carbons (Fsp3) is 0.562. The number of carbonyl (C=O) groups is 2. The Morgan fingerprint density at radius 2 is 2.13 bits per heavy atom. The van der Waals surface area contributed by atoms with Crippen LogP contribution in [0.2, 0.25) is 0 Å². The first kappa shape index (κ1) is 17.2. The SMILES string of the molecule is CN(C)c1cccc(CNC(=O)C2CCC(C(=O)O)N(C)C2)n1. The van der Waals surface area contributed by atoms with Crippen LogP contribution in [0, 0.1) is 5.92 Å². The summed E-state index contributed by atoms with van der Waals surface area (Å²) in [5.41, 5.74) is 0.803. The van der Waals surface area contributed by atoms with E-state index < -0.39 is 12.0 Å². The van der Waals surface area contributed by atoms with Gasteiger partial charge in [-0.1, -0.05) is 6.07 Å².